The molecule has 1 rings (SSSR count). The maximum Gasteiger partial charge on any atom is 0.137 e. The average Bonchev–Trinajstić information content (AvgIpc) is 2.05. The fourth-order valence-electron chi connectivity index (χ4n) is 0.625. The van der Waals surface area contributed by atoms with E-state index >= 15 is 0 Å². The lowest BCUT2D eigenvalue weighted by molar-refractivity contribution is 0.412. The minimum Gasteiger partial charge on any atom is -0.495 e. The van der Waals surface area contributed by atoms with Crippen LogP contribution in [0.15, 0.2) is 18.3 Å². The van der Waals surface area contributed by atoms with Gasteiger partial charge in [-0.3, -0.25) is 4.98 Å². The summed E-state index contributed by atoms with van der Waals surface area (Å²) in [4.78, 5) is 4.07. The minimum atomic E-state index is 0.671. The van der Waals surface area contributed by atoms with Crippen LogP contribution in [0, 0.1) is 0 Å². The Hall–Kier alpha value is -0.700. The molecule has 0 radical (unpaired) electrons. The molecule has 0 amide bonds. The highest BCUT2D eigenvalue weighted by Gasteiger charge is 1.90. The largest absolute Gasteiger partial charge is 0.495 e. The second kappa shape index (κ2) is 3.46. The van der Waals surface area contributed by atoms with Gasteiger partial charge in [0.15, 0.2) is 0 Å². The molecule has 0 aliphatic heterocycles. The van der Waals surface area contributed by atoms with Gasteiger partial charge in [0.05, 0.1) is 19.0 Å². The number of nitrogens with zero attached hydrogens (tertiary/aromatic N) is 1. The molecule has 1 aromatic rings. The molecule has 10 heavy (non-hydrogen) atoms. The van der Waals surface area contributed by atoms with Gasteiger partial charge in [-0.2, -0.15) is 12.6 Å². The average molecular weight is 155 g/mol. The fraction of sp³-hybridized carbons (Fsp3) is 0.286. The predicted octanol–water partition coefficient (Wildman–Crippen LogP) is 1.52. The summed E-state index contributed by atoms with van der Waals surface area (Å²) in [6, 6.07) is 3.77. The van der Waals surface area contributed by atoms with E-state index in [9.17, 15) is 0 Å². The summed E-state index contributed by atoms with van der Waals surface area (Å²) in [5.41, 5.74) is 0.962. The second-order valence-corrected chi connectivity index (χ2v) is 2.16. The van der Waals surface area contributed by atoms with E-state index in [4.69, 9.17) is 4.74 Å². The molecule has 0 aromatic carbocycles. The zero-order valence-corrected chi connectivity index (χ0v) is 6.64. The quantitative estimate of drug-likeness (QED) is 0.654. The first-order chi connectivity index (χ1) is 4.86. The summed E-state index contributed by atoms with van der Waals surface area (Å²) >= 11 is 4.07. The van der Waals surface area contributed by atoms with E-state index in [1.807, 2.05) is 12.1 Å². The van der Waals surface area contributed by atoms with Crippen molar-refractivity contribution in [1.82, 2.24) is 4.98 Å². The van der Waals surface area contributed by atoms with Crippen LogP contribution < -0.4 is 4.74 Å². The number of pyridine rings is 1. The Bertz CT molecular complexity index is 174. The first-order valence-electron chi connectivity index (χ1n) is 2.96. The molecule has 3 heteroatoms. The summed E-state index contributed by atoms with van der Waals surface area (Å²) < 4.78 is 4.93. The Morgan fingerprint density at radius 3 is 2.80 bits per heavy atom. The molecule has 0 N–H and O–H groups in total. The van der Waals surface area contributed by atoms with E-state index in [2.05, 4.69) is 17.6 Å². The Morgan fingerprint density at radius 1 is 1.60 bits per heavy atom. The molecule has 0 aliphatic carbocycles. The van der Waals surface area contributed by atoms with Crippen LogP contribution >= 0.6 is 12.6 Å². The molecule has 0 aliphatic rings. The highest BCUT2D eigenvalue weighted by atomic mass is 32.1. The van der Waals surface area contributed by atoms with Crippen LogP contribution in [0.3, 0.4) is 0 Å². The van der Waals surface area contributed by atoms with Gasteiger partial charge in [0.1, 0.15) is 5.75 Å². The zero-order chi connectivity index (χ0) is 7.40. The number of ether oxygens (including phenoxy) is 1. The van der Waals surface area contributed by atoms with Crippen molar-refractivity contribution in [3.63, 3.8) is 0 Å². The first-order valence-corrected chi connectivity index (χ1v) is 3.60. The van der Waals surface area contributed by atoms with Gasteiger partial charge in [-0.25, -0.2) is 0 Å². The Morgan fingerprint density at radius 2 is 2.40 bits per heavy atom. The number of aromatic nitrogens is 1. The van der Waals surface area contributed by atoms with Gasteiger partial charge in [-0.15, -0.1) is 0 Å². The summed E-state index contributed by atoms with van der Waals surface area (Å²) in [5, 5.41) is 0. The smallest absolute Gasteiger partial charge is 0.137 e. The van der Waals surface area contributed by atoms with Crippen molar-refractivity contribution in [2.75, 3.05) is 7.11 Å². The van der Waals surface area contributed by atoms with E-state index in [0.717, 1.165) is 11.4 Å². The maximum atomic E-state index is 4.93. The highest BCUT2D eigenvalue weighted by Crippen LogP contribution is 2.08. The molecule has 54 valence electrons. The molecule has 0 saturated heterocycles. The van der Waals surface area contributed by atoms with E-state index in [-0.39, 0.29) is 0 Å². The number of rotatable bonds is 2. The van der Waals surface area contributed by atoms with Crippen molar-refractivity contribution in [3.8, 4) is 5.75 Å². The van der Waals surface area contributed by atoms with Crippen LogP contribution in [0.1, 0.15) is 5.69 Å². The van der Waals surface area contributed by atoms with E-state index in [1.54, 1.807) is 13.3 Å². The normalized spacial score (nSPS) is 9.40. The van der Waals surface area contributed by atoms with Crippen LogP contribution in [0.25, 0.3) is 0 Å². The van der Waals surface area contributed by atoms with Crippen molar-refractivity contribution in [2.24, 2.45) is 0 Å². The van der Waals surface area contributed by atoms with Gasteiger partial charge in [0, 0.05) is 5.75 Å². The number of hydrogen-bond donors (Lipinski definition) is 1. The molecule has 1 aromatic heterocycles. The molecule has 0 atom stereocenters. The number of methoxy groups -OCH3 is 1. The lowest BCUT2D eigenvalue weighted by atomic mass is 10.4. The monoisotopic (exact) mass is 155 g/mol. The van der Waals surface area contributed by atoms with Crippen LogP contribution in [0.5, 0.6) is 5.75 Å². The third kappa shape index (κ3) is 1.64. The van der Waals surface area contributed by atoms with Crippen LogP contribution in [-0.4, -0.2) is 12.1 Å². The van der Waals surface area contributed by atoms with Gasteiger partial charge in [0.2, 0.25) is 0 Å². The van der Waals surface area contributed by atoms with Gasteiger partial charge < -0.3 is 4.74 Å². The summed E-state index contributed by atoms with van der Waals surface area (Å²) in [6.45, 7) is 0. The maximum absolute atomic E-state index is 4.93. The van der Waals surface area contributed by atoms with Crippen LogP contribution in [0.2, 0.25) is 0 Å². The molecular formula is C7H9NOS. The van der Waals surface area contributed by atoms with Gasteiger partial charge >= 0.3 is 0 Å². The predicted molar refractivity (Wildman–Crippen MR) is 43.5 cm³/mol. The van der Waals surface area contributed by atoms with Crippen molar-refractivity contribution < 1.29 is 4.74 Å². The van der Waals surface area contributed by atoms with E-state index in [1.165, 1.54) is 0 Å². The van der Waals surface area contributed by atoms with Gasteiger partial charge in [-0.05, 0) is 12.1 Å². The SMILES string of the molecule is COc1ccc(CS)nc1. The lowest BCUT2D eigenvalue weighted by Gasteiger charge is -1.98. The highest BCUT2D eigenvalue weighted by molar-refractivity contribution is 7.79. The number of hydrogen-bond acceptors (Lipinski definition) is 3. The fourth-order valence-corrected chi connectivity index (χ4v) is 0.812. The van der Waals surface area contributed by atoms with Gasteiger partial charge in [-0.1, -0.05) is 0 Å². The third-order valence-electron chi connectivity index (χ3n) is 1.20. The van der Waals surface area contributed by atoms with E-state index < -0.39 is 0 Å². The molecule has 0 unspecified atom stereocenters. The first kappa shape index (κ1) is 7.41. The molecule has 0 spiro atoms. The van der Waals surface area contributed by atoms with Crippen molar-refractivity contribution in [2.45, 2.75) is 5.75 Å². The molecule has 0 bridgehead atoms. The molecule has 0 saturated carbocycles. The summed E-state index contributed by atoms with van der Waals surface area (Å²) in [7, 11) is 1.62. The summed E-state index contributed by atoms with van der Waals surface area (Å²) in [5.74, 6) is 1.45. The minimum absolute atomic E-state index is 0.671. The van der Waals surface area contributed by atoms with Crippen molar-refractivity contribution in [1.29, 1.82) is 0 Å². The van der Waals surface area contributed by atoms with Crippen molar-refractivity contribution >= 4 is 12.6 Å². The van der Waals surface area contributed by atoms with Crippen LogP contribution in [-0.2, 0) is 5.75 Å². The molecule has 2 nitrogen and oxygen atoms in total. The Balaban J connectivity index is 2.80. The standard InChI is InChI=1S/C7H9NOS/c1-9-7-3-2-6(5-10)8-4-7/h2-4,10H,5H2,1H3. The molecule has 0 fully saturated rings. The Kier molecular flexibility index (Phi) is 2.57. The molecule has 1 heterocycles. The topological polar surface area (TPSA) is 22.1 Å². The summed E-state index contributed by atoms with van der Waals surface area (Å²) in [6.07, 6.45) is 1.69. The lowest BCUT2D eigenvalue weighted by Crippen LogP contribution is -1.86. The third-order valence-corrected chi connectivity index (χ3v) is 1.52. The zero-order valence-electron chi connectivity index (χ0n) is 5.74. The number of thiol groups is 1. The van der Waals surface area contributed by atoms with E-state index in [0.29, 0.717) is 5.75 Å². The Labute approximate surface area is 65.6 Å². The van der Waals surface area contributed by atoms with Crippen LogP contribution in [0.4, 0.5) is 0 Å². The molecular weight excluding hydrogens is 146 g/mol. The van der Waals surface area contributed by atoms with Crippen molar-refractivity contribution in [3.05, 3.63) is 24.0 Å². The second-order valence-electron chi connectivity index (χ2n) is 1.85. The van der Waals surface area contributed by atoms with Gasteiger partial charge in [0.25, 0.3) is 0 Å².